The third-order valence-corrected chi connectivity index (χ3v) is 8.40. The molecule has 1 atom stereocenters. The summed E-state index contributed by atoms with van der Waals surface area (Å²) in [6.07, 6.45) is 4.82. The molecule has 186 valence electrons. The molecule has 1 fully saturated rings. The minimum atomic E-state index is -4.21. The first kappa shape index (κ1) is 24.8. The van der Waals surface area contributed by atoms with Crippen molar-refractivity contribution in [1.82, 2.24) is 14.5 Å². The highest BCUT2D eigenvalue weighted by Crippen LogP contribution is 2.30. The first-order valence-corrected chi connectivity index (χ1v) is 13.1. The van der Waals surface area contributed by atoms with Gasteiger partial charge in [-0.1, -0.05) is 49.6 Å². The molecule has 2 aromatic carbocycles. The van der Waals surface area contributed by atoms with Crippen LogP contribution in [0, 0.1) is 5.82 Å². The Hall–Kier alpha value is -3.27. The van der Waals surface area contributed by atoms with Crippen LogP contribution in [0.5, 0.6) is 0 Å². The van der Waals surface area contributed by atoms with Crippen LogP contribution in [0.15, 0.2) is 53.4 Å². The van der Waals surface area contributed by atoms with Crippen molar-refractivity contribution in [2.24, 2.45) is 0 Å². The van der Waals surface area contributed by atoms with Gasteiger partial charge >= 0.3 is 0 Å². The van der Waals surface area contributed by atoms with Crippen molar-refractivity contribution in [2.75, 3.05) is 6.54 Å². The average Bonchev–Trinajstić information content (AvgIpc) is 3.04. The van der Waals surface area contributed by atoms with E-state index in [9.17, 15) is 27.2 Å². The van der Waals surface area contributed by atoms with Crippen molar-refractivity contribution in [1.29, 1.82) is 0 Å². The molecular formula is C25H28FN3O5S. The number of hydrogen-bond donors (Lipinski definition) is 1. The maximum Gasteiger partial charge on any atom is 0.269 e. The Kier molecular flexibility index (Phi) is 7.20. The molecule has 8 nitrogen and oxygen atoms in total. The summed E-state index contributed by atoms with van der Waals surface area (Å²) < 4.78 is 40.8. The fraction of sp³-hybridized carbons (Fsp3) is 0.400. The summed E-state index contributed by atoms with van der Waals surface area (Å²) in [5.41, 5.74) is 0.168. The summed E-state index contributed by atoms with van der Waals surface area (Å²) in [5.74, 6) is -2.54. The number of halogens is 1. The number of nitrogens with one attached hydrogen (secondary N) is 1. The van der Waals surface area contributed by atoms with Gasteiger partial charge in [-0.15, -0.1) is 0 Å². The second-order valence-electron chi connectivity index (χ2n) is 8.95. The Morgan fingerprint density at radius 2 is 1.74 bits per heavy atom. The third kappa shape index (κ3) is 5.07. The highest BCUT2D eigenvalue weighted by Gasteiger charge is 2.43. The zero-order valence-electron chi connectivity index (χ0n) is 19.4. The van der Waals surface area contributed by atoms with E-state index in [1.807, 2.05) is 0 Å². The number of carbonyl (C=O) groups is 3. The van der Waals surface area contributed by atoms with Crippen LogP contribution >= 0.6 is 0 Å². The van der Waals surface area contributed by atoms with E-state index in [2.05, 4.69) is 5.32 Å². The Morgan fingerprint density at radius 3 is 2.43 bits per heavy atom. The Labute approximate surface area is 204 Å². The summed E-state index contributed by atoms with van der Waals surface area (Å²) in [4.78, 5) is 40.2. The van der Waals surface area contributed by atoms with Gasteiger partial charge in [0.05, 0.1) is 5.56 Å². The molecule has 0 saturated heterocycles. The number of rotatable bonds is 7. The van der Waals surface area contributed by atoms with Gasteiger partial charge in [-0.3, -0.25) is 14.4 Å². The summed E-state index contributed by atoms with van der Waals surface area (Å²) in [6, 6.07) is 10.6. The molecule has 2 aliphatic rings. The molecule has 3 amide bonds. The standard InChI is InChI=1S/C25H28FN3O5S/c1-17(24(31)27-19-10-3-2-4-11-19)28(15-18-9-5-7-13-21(18)26)23(30)16-29-25(32)20-12-6-8-14-22(20)35(29,33)34/h5-9,12-14,17,19H,2-4,10-11,15-16H2,1H3,(H,27,31). The fourth-order valence-electron chi connectivity index (χ4n) is 4.56. The van der Waals surface area contributed by atoms with Gasteiger partial charge in [0.1, 0.15) is 23.3 Å². The van der Waals surface area contributed by atoms with Gasteiger partial charge in [0.2, 0.25) is 11.8 Å². The van der Waals surface area contributed by atoms with Crippen molar-refractivity contribution in [2.45, 2.75) is 62.6 Å². The van der Waals surface area contributed by atoms with E-state index in [-0.39, 0.29) is 28.6 Å². The summed E-state index contributed by atoms with van der Waals surface area (Å²) in [6.45, 7) is 0.483. The maximum absolute atomic E-state index is 14.4. The predicted octanol–water partition coefficient (Wildman–Crippen LogP) is 2.84. The molecule has 4 rings (SSSR count). The molecule has 1 saturated carbocycles. The minimum absolute atomic E-state index is 0.000787. The van der Waals surface area contributed by atoms with Crippen LogP contribution in [0.4, 0.5) is 4.39 Å². The van der Waals surface area contributed by atoms with Crippen molar-refractivity contribution in [3.05, 3.63) is 65.5 Å². The quantitative estimate of drug-likeness (QED) is 0.628. The Morgan fingerprint density at radius 1 is 1.09 bits per heavy atom. The predicted molar refractivity (Wildman–Crippen MR) is 126 cm³/mol. The minimum Gasteiger partial charge on any atom is -0.352 e. The van der Waals surface area contributed by atoms with Crippen molar-refractivity contribution in [3.63, 3.8) is 0 Å². The molecule has 10 heteroatoms. The number of nitrogens with zero attached hydrogens (tertiary/aromatic N) is 2. The topological polar surface area (TPSA) is 104 Å². The molecule has 1 unspecified atom stereocenters. The third-order valence-electron chi connectivity index (χ3n) is 6.61. The lowest BCUT2D eigenvalue weighted by atomic mass is 9.95. The second-order valence-corrected chi connectivity index (χ2v) is 10.8. The fourth-order valence-corrected chi connectivity index (χ4v) is 6.08. The Balaban J connectivity index is 1.58. The lowest BCUT2D eigenvalue weighted by Gasteiger charge is -2.32. The maximum atomic E-state index is 14.4. The molecule has 1 aliphatic carbocycles. The molecule has 0 spiro atoms. The van der Waals surface area contributed by atoms with E-state index < -0.39 is 46.1 Å². The normalized spacial score (nSPS) is 18.1. The largest absolute Gasteiger partial charge is 0.352 e. The molecule has 1 heterocycles. The van der Waals surface area contributed by atoms with E-state index in [1.165, 1.54) is 43.3 Å². The monoisotopic (exact) mass is 501 g/mol. The number of amides is 3. The van der Waals surface area contributed by atoms with Crippen molar-refractivity contribution < 1.29 is 27.2 Å². The van der Waals surface area contributed by atoms with Gasteiger partial charge in [0, 0.05) is 18.2 Å². The average molecular weight is 502 g/mol. The van der Waals surface area contributed by atoms with Crippen LogP contribution in [-0.4, -0.2) is 54.0 Å². The van der Waals surface area contributed by atoms with Gasteiger partial charge in [-0.25, -0.2) is 17.1 Å². The van der Waals surface area contributed by atoms with E-state index in [0.29, 0.717) is 4.31 Å². The molecule has 1 aliphatic heterocycles. The van der Waals surface area contributed by atoms with Crippen molar-refractivity contribution >= 4 is 27.7 Å². The highest BCUT2D eigenvalue weighted by molar-refractivity contribution is 7.90. The van der Waals surface area contributed by atoms with Gasteiger partial charge in [0.25, 0.3) is 15.9 Å². The number of benzene rings is 2. The first-order valence-electron chi connectivity index (χ1n) is 11.7. The molecule has 0 bridgehead atoms. The van der Waals surface area contributed by atoms with Gasteiger partial charge in [-0.2, -0.15) is 0 Å². The zero-order chi connectivity index (χ0) is 25.2. The number of carbonyl (C=O) groups excluding carboxylic acids is 3. The molecule has 1 N–H and O–H groups in total. The Bertz CT molecular complexity index is 1240. The highest BCUT2D eigenvalue weighted by atomic mass is 32.2. The molecule has 2 aromatic rings. The van der Waals surface area contributed by atoms with Crippen LogP contribution in [0.3, 0.4) is 0 Å². The molecule has 35 heavy (non-hydrogen) atoms. The van der Waals surface area contributed by atoms with E-state index in [1.54, 1.807) is 12.1 Å². The van der Waals surface area contributed by atoms with Gasteiger partial charge < -0.3 is 10.2 Å². The lowest BCUT2D eigenvalue weighted by Crippen LogP contribution is -2.53. The van der Waals surface area contributed by atoms with Crippen LogP contribution < -0.4 is 5.32 Å². The van der Waals surface area contributed by atoms with Gasteiger partial charge in [-0.05, 0) is 38.0 Å². The van der Waals surface area contributed by atoms with Crippen LogP contribution in [0.25, 0.3) is 0 Å². The van der Waals surface area contributed by atoms with E-state index in [4.69, 9.17) is 0 Å². The first-order chi connectivity index (χ1) is 16.7. The smallest absolute Gasteiger partial charge is 0.269 e. The molecule has 0 radical (unpaired) electrons. The molecule has 0 aromatic heterocycles. The summed E-state index contributed by atoms with van der Waals surface area (Å²) in [5, 5.41) is 2.96. The number of hydrogen-bond acceptors (Lipinski definition) is 5. The molecular weight excluding hydrogens is 473 g/mol. The second kappa shape index (κ2) is 10.2. The van der Waals surface area contributed by atoms with Crippen LogP contribution in [0.1, 0.15) is 54.9 Å². The number of sulfonamides is 1. The summed E-state index contributed by atoms with van der Waals surface area (Å²) in [7, 11) is -4.21. The van der Waals surface area contributed by atoms with Gasteiger partial charge in [0.15, 0.2) is 0 Å². The van der Waals surface area contributed by atoms with E-state index in [0.717, 1.165) is 37.0 Å². The SMILES string of the molecule is CC(C(=O)NC1CCCCC1)N(Cc1ccccc1F)C(=O)CN1C(=O)c2ccccc2S1(=O)=O. The van der Waals surface area contributed by atoms with Crippen molar-refractivity contribution in [3.8, 4) is 0 Å². The van der Waals surface area contributed by atoms with E-state index >= 15 is 0 Å². The van der Waals surface area contributed by atoms with Crippen LogP contribution in [-0.2, 0) is 26.2 Å². The van der Waals surface area contributed by atoms with Crippen LogP contribution in [0.2, 0.25) is 0 Å². The number of fused-ring (bicyclic) bond motifs is 1. The summed E-state index contributed by atoms with van der Waals surface area (Å²) >= 11 is 0. The lowest BCUT2D eigenvalue weighted by molar-refractivity contribution is -0.140. The zero-order valence-corrected chi connectivity index (χ0v) is 20.3.